The lowest BCUT2D eigenvalue weighted by molar-refractivity contribution is -0.139. The molecular formula is C19H19N3O5. The van der Waals surface area contributed by atoms with Gasteiger partial charge in [-0.1, -0.05) is 12.1 Å². The largest absolute Gasteiger partial charge is 0.497 e. The van der Waals surface area contributed by atoms with Crippen LogP contribution in [0, 0.1) is 0 Å². The summed E-state index contributed by atoms with van der Waals surface area (Å²) in [5.74, 6) is 0.348. The fourth-order valence-electron chi connectivity index (χ4n) is 2.45. The van der Waals surface area contributed by atoms with Gasteiger partial charge in [0, 0.05) is 0 Å². The molecular weight excluding hydrogens is 350 g/mol. The van der Waals surface area contributed by atoms with Crippen LogP contribution in [0.3, 0.4) is 0 Å². The number of carbonyl (C=O) groups excluding carboxylic acids is 2. The number of ether oxygens (including phenoxy) is 3. The van der Waals surface area contributed by atoms with Gasteiger partial charge in [-0.15, -0.1) is 0 Å². The predicted molar refractivity (Wildman–Crippen MR) is 97.9 cm³/mol. The van der Waals surface area contributed by atoms with Gasteiger partial charge in [-0.2, -0.15) is 5.10 Å². The van der Waals surface area contributed by atoms with Crippen LogP contribution in [0.4, 0.5) is 0 Å². The summed E-state index contributed by atoms with van der Waals surface area (Å²) in [7, 11) is 1.58. The number of carbonyl (C=O) groups is 2. The molecule has 0 saturated carbocycles. The van der Waals surface area contributed by atoms with E-state index in [0.717, 1.165) is 5.56 Å². The maximum Gasteiger partial charge on any atom is 0.329 e. The number of amides is 2. The first-order valence-electron chi connectivity index (χ1n) is 8.24. The van der Waals surface area contributed by atoms with Crippen molar-refractivity contribution in [2.75, 3.05) is 13.9 Å². The normalized spacial score (nSPS) is 13.3. The standard InChI is InChI=1S/C19H19N3O5/c1-12(14-4-6-15(25-2)7-5-14)21-18(23)19(24)22-20-10-13-3-8-16-17(9-13)27-11-26-16/h3-10,12H,11H2,1-2H3,(H,21,23)(H,22,24)/b20-10-/t12-/m0/s1. The Kier molecular flexibility index (Phi) is 5.55. The molecule has 8 heteroatoms. The Morgan fingerprint density at radius 3 is 2.59 bits per heavy atom. The van der Waals surface area contributed by atoms with Crippen LogP contribution in [0.25, 0.3) is 0 Å². The summed E-state index contributed by atoms with van der Waals surface area (Å²) >= 11 is 0. The van der Waals surface area contributed by atoms with Gasteiger partial charge in [-0.3, -0.25) is 9.59 Å². The van der Waals surface area contributed by atoms with Gasteiger partial charge in [-0.05, 0) is 48.4 Å². The number of nitrogens with one attached hydrogen (secondary N) is 2. The maximum atomic E-state index is 12.0. The van der Waals surface area contributed by atoms with Crippen molar-refractivity contribution in [1.29, 1.82) is 0 Å². The van der Waals surface area contributed by atoms with E-state index in [9.17, 15) is 9.59 Å². The smallest absolute Gasteiger partial charge is 0.329 e. The molecule has 1 aliphatic rings. The molecule has 0 saturated heterocycles. The molecule has 0 unspecified atom stereocenters. The number of benzene rings is 2. The zero-order valence-electron chi connectivity index (χ0n) is 14.9. The summed E-state index contributed by atoms with van der Waals surface area (Å²) in [5, 5.41) is 6.41. The highest BCUT2D eigenvalue weighted by molar-refractivity contribution is 6.35. The molecule has 2 aromatic rings. The molecule has 2 amide bonds. The highest BCUT2D eigenvalue weighted by Gasteiger charge is 2.17. The van der Waals surface area contributed by atoms with E-state index in [1.165, 1.54) is 6.21 Å². The summed E-state index contributed by atoms with van der Waals surface area (Å²) in [4.78, 5) is 23.9. The first kappa shape index (κ1) is 18.2. The van der Waals surface area contributed by atoms with E-state index in [2.05, 4.69) is 15.8 Å². The number of nitrogens with zero attached hydrogens (tertiary/aromatic N) is 1. The minimum atomic E-state index is -0.854. The van der Waals surface area contributed by atoms with Crippen LogP contribution in [0.1, 0.15) is 24.1 Å². The number of hydrogen-bond acceptors (Lipinski definition) is 6. The average Bonchev–Trinajstić information content (AvgIpc) is 3.15. The average molecular weight is 369 g/mol. The lowest BCUT2D eigenvalue weighted by Crippen LogP contribution is -2.39. The van der Waals surface area contributed by atoms with Gasteiger partial charge in [0.1, 0.15) is 5.75 Å². The molecule has 1 atom stereocenters. The van der Waals surface area contributed by atoms with Crippen LogP contribution >= 0.6 is 0 Å². The Morgan fingerprint density at radius 1 is 1.11 bits per heavy atom. The zero-order valence-corrected chi connectivity index (χ0v) is 14.9. The van der Waals surface area contributed by atoms with E-state index >= 15 is 0 Å². The van der Waals surface area contributed by atoms with Crippen LogP contribution in [0.2, 0.25) is 0 Å². The van der Waals surface area contributed by atoms with Crippen molar-refractivity contribution >= 4 is 18.0 Å². The van der Waals surface area contributed by atoms with E-state index in [-0.39, 0.29) is 12.8 Å². The highest BCUT2D eigenvalue weighted by atomic mass is 16.7. The predicted octanol–water partition coefficient (Wildman–Crippen LogP) is 1.75. The second-order valence-corrected chi connectivity index (χ2v) is 5.78. The molecule has 0 radical (unpaired) electrons. The van der Waals surface area contributed by atoms with E-state index in [0.29, 0.717) is 22.8 Å². The monoisotopic (exact) mass is 369 g/mol. The molecule has 8 nitrogen and oxygen atoms in total. The third-order valence-electron chi connectivity index (χ3n) is 3.95. The molecule has 0 fully saturated rings. The first-order valence-corrected chi connectivity index (χ1v) is 8.24. The SMILES string of the molecule is COc1ccc([C@H](C)NC(=O)C(=O)N/N=C\c2ccc3c(c2)OCO3)cc1. The topological polar surface area (TPSA) is 98.2 Å². The minimum Gasteiger partial charge on any atom is -0.497 e. The number of hydrazone groups is 1. The molecule has 3 rings (SSSR count). The molecule has 1 heterocycles. The van der Waals surface area contributed by atoms with E-state index < -0.39 is 11.8 Å². The second-order valence-electron chi connectivity index (χ2n) is 5.78. The summed E-state index contributed by atoms with van der Waals surface area (Å²) in [6.07, 6.45) is 1.42. The van der Waals surface area contributed by atoms with E-state index in [1.54, 1.807) is 44.4 Å². The van der Waals surface area contributed by atoms with E-state index in [4.69, 9.17) is 14.2 Å². The fourth-order valence-corrected chi connectivity index (χ4v) is 2.45. The van der Waals surface area contributed by atoms with Crippen LogP contribution in [0.5, 0.6) is 17.2 Å². The summed E-state index contributed by atoms with van der Waals surface area (Å²) in [5.41, 5.74) is 3.75. The Balaban J connectivity index is 1.51. The second kappa shape index (κ2) is 8.22. The molecule has 0 bridgehead atoms. The molecule has 27 heavy (non-hydrogen) atoms. The summed E-state index contributed by atoms with van der Waals surface area (Å²) in [6.45, 7) is 1.96. The Hall–Kier alpha value is -3.55. The highest BCUT2D eigenvalue weighted by Crippen LogP contribution is 2.31. The lowest BCUT2D eigenvalue weighted by Gasteiger charge is -2.13. The van der Waals surface area contributed by atoms with Crippen molar-refractivity contribution in [1.82, 2.24) is 10.7 Å². The van der Waals surface area contributed by atoms with Crippen molar-refractivity contribution in [2.45, 2.75) is 13.0 Å². The van der Waals surface area contributed by atoms with Gasteiger partial charge in [0.25, 0.3) is 0 Å². The molecule has 0 spiro atoms. The van der Waals surface area contributed by atoms with Crippen molar-refractivity contribution in [3.63, 3.8) is 0 Å². The van der Waals surface area contributed by atoms with Crippen molar-refractivity contribution in [3.8, 4) is 17.2 Å². The van der Waals surface area contributed by atoms with Gasteiger partial charge >= 0.3 is 11.8 Å². The van der Waals surface area contributed by atoms with Gasteiger partial charge in [0.2, 0.25) is 6.79 Å². The van der Waals surface area contributed by atoms with Crippen LogP contribution in [-0.2, 0) is 9.59 Å². The Labute approximate surface area is 156 Å². The molecule has 1 aliphatic heterocycles. The summed E-state index contributed by atoms with van der Waals surface area (Å²) in [6, 6.07) is 12.1. The van der Waals surface area contributed by atoms with E-state index in [1.807, 2.05) is 12.1 Å². The Morgan fingerprint density at radius 2 is 1.85 bits per heavy atom. The third-order valence-corrected chi connectivity index (χ3v) is 3.95. The van der Waals surface area contributed by atoms with Crippen LogP contribution in [0.15, 0.2) is 47.6 Å². The molecule has 2 N–H and O–H groups in total. The van der Waals surface area contributed by atoms with Gasteiger partial charge in [0.05, 0.1) is 19.4 Å². The van der Waals surface area contributed by atoms with Crippen molar-refractivity contribution in [3.05, 3.63) is 53.6 Å². The van der Waals surface area contributed by atoms with Gasteiger partial charge < -0.3 is 19.5 Å². The molecule has 2 aromatic carbocycles. The third kappa shape index (κ3) is 4.55. The number of fused-ring (bicyclic) bond motifs is 1. The minimum absolute atomic E-state index is 0.180. The maximum absolute atomic E-state index is 12.0. The number of hydrogen-bond donors (Lipinski definition) is 2. The molecule has 140 valence electrons. The molecule has 0 aromatic heterocycles. The van der Waals surface area contributed by atoms with Crippen molar-refractivity contribution < 1.29 is 23.8 Å². The first-order chi connectivity index (χ1) is 13.1. The van der Waals surface area contributed by atoms with Crippen LogP contribution in [-0.4, -0.2) is 31.9 Å². The number of methoxy groups -OCH3 is 1. The van der Waals surface area contributed by atoms with Crippen LogP contribution < -0.4 is 25.0 Å². The van der Waals surface area contributed by atoms with Crippen molar-refractivity contribution in [2.24, 2.45) is 5.10 Å². The quantitative estimate of drug-likeness (QED) is 0.475. The fraction of sp³-hybridized carbons (Fsp3) is 0.211. The number of rotatable bonds is 5. The van der Waals surface area contributed by atoms with Gasteiger partial charge in [0.15, 0.2) is 11.5 Å². The Bertz CT molecular complexity index is 864. The van der Waals surface area contributed by atoms with Gasteiger partial charge in [-0.25, -0.2) is 5.43 Å². The zero-order chi connectivity index (χ0) is 19.2. The lowest BCUT2D eigenvalue weighted by atomic mass is 10.1. The summed E-state index contributed by atoms with van der Waals surface area (Å²) < 4.78 is 15.6. The molecule has 0 aliphatic carbocycles.